The zero-order chi connectivity index (χ0) is 19.3. The third-order valence-corrected chi connectivity index (χ3v) is 4.96. The highest BCUT2D eigenvalue weighted by atomic mass is 32.2. The summed E-state index contributed by atoms with van der Waals surface area (Å²) in [5.74, 6) is 0.447. The van der Waals surface area contributed by atoms with Crippen molar-refractivity contribution in [3.8, 4) is 5.75 Å². The fraction of sp³-hybridized carbons (Fsp3) is 0.348. The van der Waals surface area contributed by atoms with Gasteiger partial charge in [0.05, 0.1) is 19.3 Å². The van der Waals surface area contributed by atoms with E-state index in [0.717, 1.165) is 31.4 Å². The molecule has 27 heavy (non-hydrogen) atoms. The number of esters is 1. The van der Waals surface area contributed by atoms with Crippen LogP contribution in [0.4, 0.5) is 0 Å². The van der Waals surface area contributed by atoms with Crippen LogP contribution in [0.3, 0.4) is 0 Å². The normalized spacial score (nSPS) is 10.9. The third kappa shape index (κ3) is 7.92. The SMILES string of the molecule is COC(=O)c1ccc(OCCC/C=C\CCCc2ccc(SC)cc2)cc1. The van der Waals surface area contributed by atoms with Crippen LogP contribution in [0.15, 0.2) is 65.6 Å². The highest BCUT2D eigenvalue weighted by Crippen LogP contribution is 2.16. The molecule has 2 aromatic carbocycles. The minimum Gasteiger partial charge on any atom is -0.494 e. The van der Waals surface area contributed by atoms with Crippen molar-refractivity contribution in [2.75, 3.05) is 20.0 Å². The molecule has 0 aromatic heterocycles. The summed E-state index contributed by atoms with van der Waals surface area (Å²) in [6.07, 6.45) is 12.0. The van der Waals surface area contributed by atoms with Gasteiger partial charge in [0.2, 0.25) is 0 Å². The molecule has 4 heteroatoms. The van der Waals surface area contributed by atoms with Crippen LogP contribution in [0.5, 0.6) is 5.75 Å². The number of rotatable bonds is 11. The molecular weight excluding hydrogens is 356 g/mol. The summed E-state index contributed by atoms with van der Waals surface area (Å²) in [6.45, 7) is 0.670. The average Bonchev–Trinajstić information content (AvgIpc) is 2.72. The number of hydrogen-bond donors (Lipinski definition) is 0. The lowest BCUT2D eigenvalue weighted by molar-refractivity contribution is 0.0600. The molecule has 0 unspecified atom stereocenters. The predicted molar refractivity (Wildman–Crippen MR) is 113 cm³/mol. The maximum atomic E-state index is 11.4. The standard InChI is InChI=1S/C23H28O3S/c1-25-23(24)20-12-14-21(15-13-20)26-18-8-6-4-3-5-7-9-19-10-16-22(27-2)17-11-19/h3-4,10-17H,5-9,18H2,1-2H3/b4-3-. The smallest absolute Gasteiger partial charge is 0.337 e. The number of ether oxygens (including phenoxy) is 2. The van der Waals surface area contributed by atoms with E-state index in [2.05, 4.69) is 47.4 Å². The molecular formula is C23H28O3S. The summed E-state index contributed by atoms with van der Waals surface area (Å²) in [4.78, 5) is 12.7. The lowest BCUT2D eigenvalue weighted by Crippen LogP contribution is -2.01. The summed E-state index contributed by atoms with van der Waals surface area (Å²) < 4.78 is 10.4. The summed E-state index contributed by atoms with van der Waals surface area (Å²) in [5.41, 5.74) is 1.95. The zero-order valence-corrected chi connectivity index (χ0v) is 17.0. The van der Waals surface area contributed by atoms with E-state index >= 15 is 0 Å². The van der Waals surface area contributed by atoms with Gasteiger partial charge in [-0.3, -0.25) is 0 Å². The van der Waals surface area contributed by atoms with E-state index in [1.165, 1.54) is 24.0 Å². The quantitative estimate of drug-likeness (QED) is 0.208. The van der Waals surface area contributed by atoms with E-state index in [1.807, 2.05) is 0 Å². The molecule has 0 atom stereocenters. The molecule has 0 aliphatic heterocycles. The Bertz CT molecular complexity index is 705. The molecule has 0 fully saturated rings. The van der Waals surface area contributed by atoms with Gasteiger partial charge in [0.25, 0.3) is 0 Å². The summed E-state index contributed by atoms with van der Waals surface area (Å²) in [7, 11) is 1.38. The number of unbranched alkanes of at least 4 members (excludes halogenated alkanes) is 2. The Balaban J connectivity index is 1.54. The predicted octanol–water partition coefficient (Wildman–Crippen LogP) is 5.93. The molecule has 2 rings (SSSR count). The van der Waals surface area contributed by atoms with Gasteiger partial charge in [-0.15, -0.1) is 11.8 Å². The number of hydrogen-bond acceptors (Lipinski definition) is 4. The van der Waals surface area contributed by atoms with E-state index in [9.17, 15) is 4.79 Å². The number of carbonyl (C=O) groups is 1. The van der Waals surface area contributed by atoms with Crippen molar-refractivity contribution < 1.29 is 14.3 Å². The number of allylic oxidation sites excluding steroid dienone is 2. The van der Waals surface area contributed by atoms with Gasteiger partial charge in [-0.05, 0) is 80.3 Å². The fourth-order valence-electron chi connectivity index (χ4n) is 2.65. The Morgan fingerprint density at radius 2 is 1.63 bits per heavy atom. The van der Waals surface area contributed by atoms with Gasteiger partial charge < -0.3 is 9.47 Å². The summed E-state index contributed by atoms with van der Waals surface area (Å²) in [6, 6.07) is 15.9. The zero-order valence-electron chi connectivity index (χ0n) is 16.1. The van der Waals surface area contributed by atoms with Crippen LogP contribution in [0, 0.1) is 0 Å². The lowest BCUT2D eigenvalue weighted by atomic mass is 10.1. The van der Waals surface area contributed by atoms with Gasteiger partial charge in [0, 0.05) is 4.90 Å². The number of thioether (sulfide) groups is 1. The molecule has 0 N–H and O–H groups in total. The second-order valence-corrected chi connectivity index (χ2v) is 7.10. The molecule has 0 amide bonds. The van der Waals surface area contributed by atoms with Gasteiger partial charge in [0.15, 0.2) is 0 Å². The van der Waals surface area contributed by atoms with Crippen LogP contribution >= 0.6 is 11.8 Å². The first-order valence-corrected chi connectivity index (χ1v) is 10.5. The molecule has 0 bridgehead atoms. The number of carbonyl (C=O) groups excluding carboxylic acids is 1. The van der Waals surface area contributed by atoms with Crippen LogP contribution in [-0.2, 0) is 11.2 Å². The van der Waals surface area contributed by atoms with Crippen molar-refractivity contribution in [2.24, 2.45) is 0 Å². The summed E-state index contributed by atoms with van der Waals surface area (Å²) >= 11 is 1.78. The monoisotopic (exact) mass is 384 g/mol. The van der Waals surface area contributed by atoms with Crippen molar-refractivity contribution >= 4 is 17.7 Å². The van der Waals surface area contributed by atoms with Crippen LogP contribution in [0.2, 0.25) is 0 Å². The van der Waals surface area contributed by atoms with E-state index in [0.29, 0.717) is 12.2 Å². The van der Waals surface area contributed by atoms with Crippen LogP contribution < -0.4 is 4.74 Å². The van der Waals surface area contributed by atoms with Crippen molar-refractivity contribution in [2.45, 2.75) is 37.0 Å². The van der Waals surface area contributed by atoms with Crippen LogP contribution in [-0.4, -0.2) is 25.9 Å². The van der Waals surface area contributed by atoms with Crippen molar-refractivity contribution in [1.82, 2.24) is 0 Å². The van der Waals surface area contributed by atoms with E-state index in [-0.39, 0.29) is 5.97 Å². The summed E-state index contributed by atoms with van der Waals surface area (Å²) in [5, 5.41) is 0. The van der Waals surface area contributed by atoms with Gasteiger partial charge in [-0.2, -0.15) is 0 Å². The highest BCUT2D eigenvalue weighted by Gasteiger charge is 2.04. The maximum absolute atomic E-state index is 11.4. The second-order valence-electron chi connectivity index (χ2n) is 6.22. The molecule has 0 aliphatic rings. The first kappa shape index (κ1) is 21.1. The Hall–Kier alpha value is -2.20. The largest absolute Gasteiger partial charge is 0.494 e. The van der Waals surface area contributed by atoms with E-state index < -0.39 is 0 Å². The molecule has 144 valence electrons. The minimum absolute atomic E-state index is 0.330. The molecule has 2 aromatic rings. The fourth-order valence-corrected chi connectivity index (χ4v) is 3.06. The maximum Gasteiger partial charge on any atom is 0.337 e. The minimum atomic E-state index is -0.330. The van der Waals surface area contributed by atoms with E-state index in [4.69, 9.17) is 4.74 Å². The number of aryl methyl sites for hydroxylation is 1. The van der Waals surface area contributed by atoms with Crippen LogP contribution in [0.1, 0.15) is 41.6 Å². The first-order valence-electron chi connectivity index (χ1n) is 9.32. The highest BCUT2D eigenvalue weighted by molar-refractivity contribution is 7.98. The topological polar surface area (TPSA) is 35.5 Å². The van der Waals surface area contributed by atoms with Crippen molar-refractivity contribution in [3.63, 3.8) is 0 Å². The molecule has 0 spiro atoms. The number of methoxy groups -OCH3 is 1. The molecule has 0 radical (unpaired) electrons. The first-order chi connectivity index (χ1) is 13.2. The van der Waals surface area contributed by atoms with Gasteiger partial charge in [-0.1, -0.05) is 24.3 Å². The van der Waals surface area contributed by atoms with Gasteiger partial charge in [-0.25, -0.2) is 4.79 Å². The Morgan fingerprint density at radius 3 is 2.26 bits per heavy atom. The van der Waals surface area contributed by atoms with Crippen molar-refractivity contribution in [3.05, 3.63) is 71.8 Å². The van der Waals surface area contributed by atoms with Gasteiger partial charge >= 0.3 is 5.97 Å². The second kappa shape index (κ2) is 12.2. The Labute approximate surface area is 166 Å². The molecule has 0 aliphatic carbocycles. The van der Waals surface area contributed by atoms with Crippen molar-refractivity contribution in [1.29, 1.82) is 0 Å². The number of benzene rings is 2. The molecule has 3 nitrogen and oxygen atoms in total. The average molecular weight is 385 g/mol. The molecule has 0 heterocycles. The molecule has 0 saturated heterocycles. The van der Waals surface area contributed by atoms with Crippen LogP contribution in [0.25, 0.3) is 0 Å². The lowest BCUT2D eigenvalue weighted by Gasteiger charge is -2.06. The Kier molecular flexibility index (Phi) is 9.56. The van der Waals surface area contributed by atoms with Gasteiger partial charge in [0.1, 0.15) is 5.75 Å². The Morgan fingerprint density at radius 1 is 0.963 bits per heavy atom. The molecule has 0 saturated carbocycles. The third-order valence-electron chi connectivity index (χ3n) is 4.22. The van der Waals surface area contributed by atoms with E-state index in [1.54, 1.807) is 36.0 Å².